The van der Waals surface area contributed by atoms with Gasteiger partial charge in [-0.1, -0.05) is 25.1 Å². The molecule has 0 aliphatic carbocycles. The first kappa shape index (κ1) is 14.6. The quantitative estimate of drug-likeness (QED) is 0.940. The van der Waals surface area contributed by atoms with Crippen LogP contribution in [-0.4, -0.2) is 36.7 Å². The minimum absolute atomic E-state index is 0.113. The number of para-hydroxylation sites is 1. The van der Waals surface area contributed by atoms with Gasteiger partial charge < -0.3 is 14.9 Å². The number of hydrogen-bond acceptors (Lipinski definition) is 4. The Morgan fingerprint density at radius 1 is 1.29 bits per heavy atom. The molecule has 2 N–H and O–H groups in total. The van der Waals surface area contributed by atoms with Crippen LogP contribution in [0.15, 0.2) is 34.7 Å². The smallest absolute Gasteiger partial charge is 0.134 e. The van der Waals surface area contributed by atoms with Gasteiger partial charge in [0.25, 0.3) is 0 Å². The molecule has 0 radical (unpaired) electrons. The number of hydrogen-bond donors (Lipinski definition) is 1. The van der Waals surface area contributed by atoms with E-state index in [9.17, 15) is 0 Å². The summed E-state index contributed by atoms with van der Waals surface area (Å²) in [6, 6.07) is 9.99. The Labute approximate surface area is 125 Å². The number of benzene rings is 1. The van der Waals surface area contributed by atoms with Crippen molar-refractivity contribution in [2.75, 3.05) is 26.3 Å². The standard InChI is InChI=1S/C17H24N2O2/c1-3-17(2,19-8-10-20-11-9-19)16(18)15-12-13-6-4-5-7-14(13)21-15/h4-7,12,16H,3,8-11,18H2,1-2H3. The minimum Gasteiger partial charge on any atom is -0.459 e. The topological polar surface area (TPSA) is 51.6 Å². The number of morpholine rings is 1. The van der Waals surface area contributed by atoms with Crippen molar-refractivity contribution in [1.82, 2.24) is 4.90 Å². The Morgan fingerprint density at radius 3 is 2.67 bits per heavy atom. The van der Waals surface area contributed by atoms with Crippen LogP contribution in [0.5, 0.6) is 0 Å². The average molecular weight is 288 g/mol. The normalized spacial score (nSPS) is 21.3. The molecule has 2 heterocycles. The molecule has 2 atom stereocenters. The first-order valence-electron chi connectivity index (χ1n) is 7.72. The first-order valence-corrected chi connectivity index (χ1v) is 7.72. The fourth-order valence-corrected chi connectivity index (χ4v) is 3.18. The van der Waals surface area contributed by atoms with Crippen molar-refractivity contribution in [1.29, 1.82) is 0 Å². The molecule has 1 saturated heterocycles. The highest BCUT2D eigenvalue weighted by molar-refractivity contribution is 5.77. The predicted octanol–water partition coefficient (Wildman–Crippen LogP) is 2.93. The van der Waals surface area contributed by atoms with Crippen LogP contribution >= 0.6 is 0 Å². The number of nitrogens with two attached hydrogens (primary N) is 1. The third-order valence-electron chi connectivity index (χ3n) is 4.87. The fourth-order valence-electron chi connectivity index (χ4n) is 3.18. The van der Waals surface area contributed by atoms with Gasteiger partial charge >= 0.3 is 0 Å². The summed E-state index contributed by atoms with van der Waals surface area (Å²) in [6.07, 6.45) is 0.977. The molecule has 0 amide bonds. The molecule has 4 nitrogen and oxygen atoms in total. The van der Waals surface area contributed by atoms with Gasteiger partial charge in [0.15, 0.2) is 0 Å². The molecule has 3 rings (SSSR count). The lowest BCUT2D eigenvalue weighted by Crippen LogP contribution is -2.56. The molecule has 1 aromatic heterocycles. The van der Waals surface area contributed by atoms with Gasteiger partial charge in [0, 0.05) is 24.0 Å². The minimum atomic E-state index is -0.145. The van der Waals surface area contributed by atoms with Crippen LogP contribution in [0.1, 0.15) is 32.1 Å². The Bertz CT molecular complexity index is 571. The number of furan rings is 1. The van der Waals surface area contributed by atoms with E-state index < -0.39 is 0 Å². The molecule has 114 valence electrons. The predicted molar refractivity (Wildman–Crippen MR) is 84.2 cm³/mol. The summed E-state index contributed by atoms with van der Waals surface area (Å²) in [7, 11) is 0. The van der Waals surface area contributed by atoms with Crippen molar-refractivity contribution in [3.05, 3.63) is 36.1 Å². The number of rotatable bonds is 4. The average Bonchev–Trinajstić information content (AvgIpc) is 2.98. The van der Waals surface area contributed by atoms with Crippen molar-refractivity contribution in [2.24, 2.45) is 5.73 Å². The maximum absolute atomic E-state index is 6.60. The number of fused-ring (bicyclic) bond motifs is 1. The van der Waals surface area contributed by atoms with Gasteiger partial charge in [0.05, 0.1) is 19.3 Å². The van der Waals surface area contributed by atoms with Gasteiger partial charge in [-0.25, -0.2) is 0 Å². The molecule has 0 bridgehead atoms. The van der Waals surface area contributed by atoms with Crippen molar-refractivity contribution in [3.63, 3.8) is 0 Å². The van der Waals surface area contributed by atoms with E-state index in [0.29, 0.717) is 0 Å². The summed E-state index contributed by atoms with van der Waals surface area (Å²) in [6.45, 7) is 7.84. The second-order valence-electron chi connectivity index (χ2n) is 5.97. The Morgan fingerprint density at radius 2 is 2.00 bits per heavy atom. The molecule has 0 spiro atoms. The van der Waals surface area contributed by atoms with Gasteiger partial charge in [0.1, 0.15) is 11.3 Å². The Kier molecular flexibility index (Phi) is 4.02. The number of nitrogens with zero attached hydrogens (tertiary/aromatic N) is 1. The van der Waals surface area contributed by atoms with Crippen molar-refractivity contribution >= 4 is 11.0 Å². The molecule has 0 saturated carbocycles. The molecule has 2 unspecified atom stereocenters. The van der Waals surface area contributed by atoms with Crippen molar-refractivity contribution in [3.8, 4) is 0 Å². The Balaban J connectivity index is 1.91. The van der Waals surface area contributed by atoms with E-state index in [2.05, 4.69) is 30.9 Å². The zero-order valence-electron chi connectivity index (χ0n) is 12.8. The third kappa shape index (κ3) is 2.59. The van der Waals surface area contributed by atoms with Gasteiger partial charge in [-0.2, -0.15) is 0 Å². The van der Waals surface area contributed by atoms with E-state index in [1.807, 2.05) is 18.2 Å². The fraction of sp³-hybridized carbons (Fsp3) is 0.529. The lowest BCUT2D eigenvalue weighted by Gasteiger charge is -2.45. The van der Waals surface area contributed by atoms with E-state index in [0.717, 1.165) is 49.5 Å². The van der Waals surface area contributed by atoms with E-state index in [-0.39, 0.29) is 11.6 Å². The van der Waals surface area contributed by atoms with Crippen LogP contribution in [-0.2, 0) is 4.74 Å². The van der Waals surface area contributed by atoms with Crippen LogP contribution in [0.4, 0.5) is 0 Å². The maximum Gasteiger partial charge on any atom is 0.134 e. The van der Waals surface area contributed by atoms with Gasteiger partial charge in [-0.15, -0.1) is 0 Å². The van der Waals surface area contributed by atoms with Crippen LogP contribution in [0.3, 0.4) is 0 Å². The van der Waals surface area contributed by atoms with Crippen molar-refractivity contribution in [2.45, 2.75) is 31.8 Å². The molecular formula is C17H24N2O2. The monoisotopic (exact) mass is 288 g/mol. The number of ether oxygens (including phenoxy) is 1. The zero-order valence-corrected chi connectivity index (χ0v) is 12.8. The lowest BCUT2D eigenvalue weighted by molar-refractivity contribution is -0.0299. The lowest BCUT2D eigenvalue weighted by atomic mass is 9.86. The highest BCUT2D eigenvalue weighted by atomic mass is 16.5. The zero-order chi connectivity index (χ0) is 14.9. The molecule has 1 aliphatic heterocycles. The van der Waals surface area contributed by atoms with Crippen LogP contribution < -0.4 is 5.73 Å². The van der Waals surface area contributed by atoms with E-state index in [1.165, 1.54) is 0 Å². The SMILES string of the molecule is CCC(C)(C(N)c1cc2ccccc2o1)N1CCOCC1. The summed E-state index contributed by atoms with van der Waals surface area (Å²) in [5.74, 6) is 0.868. The van der Waals surface area contributed by atoms with Gasteiger partial charge in [-0.05, 0) is 25.5 Å². The Hall–Kier alpha value is -1.36. The van der Waals surface area contributed by atoms with E-state index in [4.69, 9.17) is 14.9 Å². The summed E-state index contributed by atoms with van der Waals surface area (Å²) in [4.78, 5) is 2.44. The highest BCUT2D eigenvalue weighted by Gasteiger charge is 2.39. The maximum atomic E-state index is 6.60. The molecule has 21 heavy (non-hydrogen) atoms. The first-order chi connectivity index (χ1) is 10.1. The second-order valence-corrected chi connectivity index (χ2v) is 5.97. The molecule has 1 fully saturated rings. The largest absolute Gasteiger partial charge is 0.459 e. The molecule has 1 aliphatic rings. The highest BCUT2D eigenvalue weighted by Crippen LogP contribution is 2.35. The summed E-state index contributed by atoms with van der Waals surface area (Å²) >= 11 is 0. The van der Waals surface area contributed by atoms with Gasteiger partial charge in [-0.3, -0.25) is 4.90 Å². The summed E-state index contributed by atoms with van der Waals surface area (Å²) < 4.78 is 11.5. The molecule has 4 heteroatoms. The summed E-state index contributed by atoms with van der Waals surface area (Å²) in [5, 5.41) is 1.11. The molecule has 2 aromatic rings. The van der Waals surface area contributed by atoms with Crippen LogP contribution in [0.2, 0.25) is 0 Å². The van der Waals surface area contributed by atoms with Crippen molar-refractivity contribution < 1.29 is 9.15 Å². The van der Waals surface area contributed by atoms with E-state index >= 15 is 0 Å². The van der Waals surface area contributed by atoms with Gasteiger partial charge in [0.2, 0.25) is 0 Å². The second kappa shape index (κ2) is 5.79. The molecule has 1 aromatic carbocycles. The van der Waals surface area contributed by atoms with E-state index in [1.54, 1.807) is 0 Å². The summed E-state index contributed by atoms with van der Waals surface area (Å²) in [5.41, 5.74) is 7.39. The van der Waals surface area contributed by atoms with Crippen LogP contribution in [0, 0.1) is 0 Å². The van der Waals surface area contributed by atoms with Crippen LogP contribution in [0.25, 0.3) is 11.0 Å². The molecular weight excluding hydrogens is 264 g/mol. The third-order valence-corrected chi connectivity index (χ3v) is 4.87.